The van der Waals surface area contributed by atoms with E-state index in [0.717, 1.165) is 61.1 Å². The van der Waals surface area contributed by atoms with Crippen molar-refractivity contribution in [3.05, 3.63) is 153 Å². The van der Waals surface area contributed by atoms with E-state index < -0.39 is 34.8 Å². The van der Waals surface area contributed by atoms with E-state index in [1.807, 2.05) is 13.8 Å². The Morgan fingerprint density at radius 1 is 0.569 bits per heavy atom. The summed E-state index contributed by atoms with van der Waals surface area (Å²) in [6.45, 7) is 3.65. The fourth-order valence-electron chi connectivity index (χ4n) is 6.03. The molecular weight excluding hydrogens is 757 g/mol. The smallest absolute Gasteiger partial charge is 0.251 e. The summed E-state index contributed by atoms with van der Waals surface area (Å²) in [6, 6.07) is 16.2. The van der Waals surface area contributed by atoms with Crippen LogP contribution in [0.1, 0.15) is 89.4 Å². The van der Waals surface area contributed by atoms with Gasteiger partial charge in [-0.3, -0.25) is 19.2 Å². The summed E-state index contributed by atoms with van der Waals surface area (Å²) in [5.41, 5.74) is 15.7. The minimum Gasteiger partial charge on any atom is -0.383 e. The van der Waals surface area contributed by atoms with E-state index in [0.29, 0.717) is 28.6 Å². The van der Waals surface area contributed by atoms with Gasteiger partial charge in [0.25, 0.3) is 11.8 Å². The molecule has 12 nitrogen and oxygen atoms in total. The number of amides is 2. The summed E-state index contributed by atoms with van der Waals surface area (Å²) in [5, 5.41) is 14.2. The van der Waals surface area contributed by atoms with Crippen LogP contribution >= 0.6 is 0 Å². The highest BCUT2D eigenvalue weighted by molar-refractivity contribution is 6.12. The molecular formula is C42H36F4N8O4. The fourth-order valence-corrected chi connectivity index (χ4v) is 6.03. The number of aryl methyl sites for hydroxylation is 2. The fraction of sp³-hybridized carbons (Fsp3) is 0.190. The highest BCUT2D eigenvalue weighted by atomic mass is 19.2. The Morgan fingerprint density at radius 3 is 1.43 bits per heavy atom. The largest absolute Gasteiger partial charge is 0.383 e. The van der Waals surface area contributed by atoms with Crippen molar-refractivity contribution in [2.45, 2.75) is 51.6 Å². The Hall–Kier alpha value is -7.10. The van der Waals surface area contributed by atoms with Crippen LogP contribution in [-0.2, 0) is 0 Å². The number of aromatic nitrogens is 4. The number of hydrogen-bond donors (Lipinski definition) is 4. The third-order valence-electron chi connectivity index (χ3n) is 9.63. The average Bonchev–Trinajstić information content (AvgIpc) is 4.12. The van der Waals surface area contributed by atoms with Crippen LogP contribution < -0.4 is 22.1 Å². The number of nitrogens with zero attached hydrogens (tertiary/aromatic N) is 4. The normalized spacial score (nSPS) is 13.3. The first-order chi connectivity index (χ1) is 27.7. The van der Waals surface area contributed by atoms with E-state index in [1.54, 1.807) is 36.4 Å². The maximum atomic E-state index is 13.5. The summed E-state index contributed by atoms with van der Waals surface area (Å²) < 4.78 is 56.2. The number of carbonyl (C=O) groups is 4. The van der Waals surface area contributed by atoms with Gasteiger partial charge in [0.2, 0.25) is 0 Å². The maximum Gasteiger partial charge on any atom is 0.251 e. The van der Waals surface area contributed by atoms with Crippen molar-refractivity contribution in [3.8, 4) is 11.4 Å². The van der Waals surface area contributed by atoms with Crippen molar-refractivity contribution < 1.29 is 36.7 Å². The number of benzene rings is 4. The van der Waals surface area contributed by atoms with Crippen LogP contribution in [0.5, 0.6) is 0 Å². The third-order valence-corrected chi connectivity index (χ3v) is 9.63. The van der Waals surface area contributed by atoms with Crippen LogP contribution in [0.25, 0.3) is 11.4 Å². The van der Waals surface area contributed by atoms with Gasteiger partial charge >= 0.3 is 0 Å². The topological polar surface area (TPSA) is 180 Å². The van der Waals surface area contributed by atoms with Gasteiger partial charge in [-0.25, -0.2) is 26.9 Å². The van der Waals surface area contributed by atoms with Crippen molar-refractivity contribution >= 4 is 35.0 Å². The van der Waals surface area contributed by atoms with Crippen molar-refractivity contribution in [3.63, 3.8) is 0 Å². The molecule has 0 spiro atoms. The number of hydrogen-bond acceptors (Lipinski definition) is 8. The molecule has 0 saturated heterocycles. The Labute approximate surface area is 328 Å². The van der Waals surface area contributed by atoms with Gasteiger partial charge in [-0.15, -0.1) is 0 Å². The highest BCUT2D eigenvalue weighted by Gasteiger charge is 2.26. The summed E-state index contributed by atoms with van der Waals surface area (Å²) >= 11 is 0. The Morgan fingerprint density at radius 2 is 1.00 bits per heavy atom. The van der Waals surface area contributed by atoms with Gasteiger partial charge in [0.15, 0.2) is 23.2 Å². The zero-order chi connectivity index (χ0) is 41.4. The van der Waals surface area contributed by atoms with Crippen molar-refractivity contribution in [1.82, 2.24) is 30.2 Å². The minimum absolute atomic E-state index is 0.0160. The molecule has 16 heteroatoms. The molecule has 6 N–H and O–H groups in total. The van der Waals surface area contributed by atoms with Gasteiger partial charge in [0.05, 0.1) is 34.9 Å². The van der Waals surface area contributed by atoms with Gasteiger partial charge < -0.3 is 22.1 Å². The molecule has 58 heavy (non-hydrogen) atoms. The Bertz CT molecular complexity index is 2610. The predicted molar refractivity (Wildman–Crippen MR) is 206 cm³/mol. The van der Waals surface area contributed by atoms with Crippen LogP contribution in [0.15, 0.2) is 85.2 Å². The molecule has 2 aliphatic rings. The van der Waals surface area contributed by atoms with Crippen LogP contribution in [0.2, 0.25) is 0 Å². The first-order valence-corrected chi connectivity index (χ1v) is 18.2. The molecule has 8 rings (SSSR count). The number of carbonyl (C=O) groups excluding carboxylic acids is 4. The lowest BCUT2D eigenvalue weighted by molar-refractivity contribution is 0.0942. The average molecular weight is 793 g/mol. The zero-order valence-corrected chi connectivity index (χ0v) is 31.2. The molecule has 2 fully saturated rings. The molecule has 2 amide bonds. The molecule has 0 unspecified atom stereocenters. The summed E-state index contributed by atoms with van der Waals surface area (Å²) in [5.74, 6) is -5.41. The van der Waals surface area contributed by atoms with Crippen molar-refractivity contribution in [2.75, 3.05) is 11.5 Å². The lowest BCUT2D eigenvalue weighted by atomic mass is 10.1. The molecule has 296 valence electrons. The van der Waals surface area contributed by atoms with Crippen LogP contribution in [0, 0.1) is 37.1 Å². The number of halogens is 4. The molecule has 4 aromatic carbocycles. The first-order valence-electron chi connectivity index (χ1n) is 18.2. The lowest BCUT2D eigenvalue weighted by Gasteiger charge is -2.11. The molecule has 2 heterocycles. The Balaban J connectivity index is 0.000000177. The predicted octanol–water partition coefficient (Wildman–Crippen LogP) is 6.33. The van der Waals surface area contributed by atoms with Crippen LogP contribution in [0.3, 0.4) is 0 Å². The number of rotatable bonds is 10. The molecule has 0 atom stereocenters. The number of nitrogens with one attached hydrogen (secondary N) is 2. The number of ketones is 2. The van der Waals surface area contributed by atoms with Gasteiger partial charge in [-0.05, 0) is 105 Å². The monoisotopic (exact) mass is 792 g/mol. The van der Waals surface area contributed by atoms with Gasteiger partial charge in [0.1, 0.15) is 23.3 Å². The zero-order valence-electron chi connectivity index (χ0n) is 31.2. The summed E-state index contributed by atoms with van der Waals surface area (Å²) in [6.07, 6.45) is 6.43. The highest BCUT2D eigenvalue weighted by Crippen LogP contribution is 2.27. The van der Waals surface area contributed by atoms with E-state index in [-0.39, 0.29) is 57.8 Å². The van der Waals surface area contributed by atoms with E-state index in [1.165, 1.54) is 27.8 Å². The molecule has 2 aliphatic carbocycles. The quantitative estimate of drug-likeness (QED) is 0.0918. The molecule has 2 saturated carbocycles. The molecule has 2 aromatic heterocycles. The number of nitrogens with two attached hydrogens (primary N) is 2. The third kappa shape index (κ3) is 8.35. The molecule has 0 bridgehead atoms. The van der Waals surface area contributed by atoms with E-state index in [2.05, 4.69) is 20.8 Å². The van der Waals surface area contributed by atoms with Gasteiger partial charge in [0, 0.05) is 40.4 Å². The van der Waals surface area contributed by atoms with E-state index in [4.69, 9.17) is 11.5 Å². The van der Waals surface area contributed by atoms with Gasteiger partial charge in [-0.1, -0.05) is 12.1 Å². The second-order valence-corrected chi connectivity index (χ2v) is 14.2. The van der Waals surface area contributed by atoms with Gasteiger partial charge in [-0.2, -0.15) is 10.2 Å². The standard InChI is InChI=1S/2C21H18F2N4O2/c1-11-2-3-13(21(29)26-14-5-6-14)9-18(11)27-20(24)15(10-25-27)19(28)12-4-7-16(22)17(23)8-12;1-11-2-3-12(21(29)26-16-4-5-16)8-18(11)27-20(24)17(10-25-27)19(28)13-6-14(22)9-15(23)7-13/h2-4,7-10,14H,5-6,24H2,1H3,(H,26,29);2-3,6-10,16H,4-5,24H2,1H3,(H,26,29). The minimum atomic E-state index is -1.12. The van der Waals surface area contributed by atoms with Crippen LogP contribution in [-0.4, -0.2) is 55.0 Å². The summed E-state index contributed by atoms with van der Waals surface area (Å²) in [7, 11) is 0. The first kappa shape index (κ1) is 39.1. The second-order valence-electron chi connectivity index (χ2n) is 14.2. The maximum absolute atomic E-state index is 13.5. The van der Waals surface area contributed by atoms with Crippen molar-refractivity contribution in [2.24, 2.45) is 0 Å². The van der Waals surface area contributed by atoms with E-state index in [9.17, 15) is 36.7 Å². The second kappa shape index (κ2) is 15.8. The number of anilines is 2. The Kier molecular flexibility index (Phi) is 10.7. The number of nitrogen functional groups attached to an aromatic ring is 2. The van der Waals surface area contributed by atoms with Crippen molar-refractivity contribution in [1.29, 1.82) is 0 Å². The van der Waals surface area contributed by atoms with Crippen LogP contribution in [0.4, 0.5) is 29.2 Å². The SMILES string of the molecule is Cc1ccc(C(=O)NC2CC2)cc1-n1ncc(C(=O)c2cc(F)cc(F)c2)c1N.Cc1ccc(C(=O)NC2CC2)cc1-n1ncc(C(=O)c2ccc(F)c(F)c2)c1N. The molecule has 6 aromatic rings. The summed E-state index contributed by atoms with van der Waals surface area (Å²) in [4.78, 5) is 50.0. The molecule has 0 radical (unpaired) electrons. The van der Waals surface area contributed by atoms with E-state index >= 15 is 0 Å². The lowest BCUT2D eigenvalue weighted by Crippen LogP contribution is -2.25. The molecule has 0 aliphatic heterocycles.